The molecule has 20 heavy (non-hydrogen) atoms. The second kappa shape index (κ2) is 5.77. The molecule has 0 N–H and O–H groups in total. The fraction of sp³-hybridized carbons (Fsp3) is 0.200. The predicted molar refractivity (Wildman–Crippen MR) is 82.8 cm³/mol. The van der Waals surface area contributed by atoms with Gasteiger partial charge in [-0.25, -0.2) is 0 Å². The summed E-state index contributed by atoms with van der Waals surface area (Å²) in [6, 6.07) is 12.5. The van der Waals surface area contributed by atoms with E-state index in [4.69, 9.17) is 11.6 Å². The fourth-order valence-electron chi connectivity index (χ4n) is 2.19. The number of alkyl halides is 1. The van der Waals surface area contributed by atoms with Crippen LogP contribution < -0.4 is 0 Å². The van der Waals surface area contributed by atoms with Crippen LogP contribution in [0.5, 0.6) is 0 Å². The summed E-state index contributed by atoms with van der Waals surface area (Å²) in [6.45, 7) is 2.08. The molecule has 2 aromatic heterocycles. The lowest BCUT2D eigenvalue weighted by Gasteiger charge is -2.09. The van der Waals surface area contributed by atoms with Gasteiger partial charge in [-0.2, -0.15) is 0 Å². The van der Waals surface area contributed by atoms with Crippen LogP contribution in [0, 0.1) is 6.92 Å². The highest BCUT2D eigenvalue weighted by molar-refractivity contribution is 7.09. The lowest BCUT2D eigenvalue weighted by atomic mass is 10.2. The normalized spacial score (nSPS) is 10.9. The van der Waals surface area contributed by atoms with Gasteiger partial charge in [0.05, 0.1) is 5.88 Å². The van der Waals surface area contributed by atoms with Gasteiger partial charge in [-0.05, 0) is 36.1 Å². The Labute approximate surface area is 126 Å². The van der Waals surface area contributed by atoms with Crippen molar-refractivity contribution in [2.24, 2.45) is 0 Å². The van der Waals surface area contributed by atoms with E-state index < -0.39 is 0 Å². The standard InChI is InChI=1S/C15H14ClN3S/c1-11-4-2-5-12(8-11)19-14(17-18-15(19)10-16)9-13-6-3-7-20-13/h2-8H,9-10H2,1H3. The first-order valence-corrected chi connectivity index (χ1v) is 7.78. The molecular weight excluding hydrogens is 290 g/mol. The predicted octanol–water partition coefficient (Wildman–Crippen LogP) is 3.97. The Morgan fingerprint density at radius 2 is 2.00 bits per heavy atom. The van der Waals surface area contributed by atoms with Crippen molar-refractivity contribution in [3.05, 3.63) is 63.9 Å². The van der Waals surface area contributed by atoms with Crippen LogP contribution in [-0.4, -0.2) is 14.8 Å². The van der Waals surface area contributed by atoms with Gasteiger partial charge < -0.3 is 0 Å². The molecule has 3 rings (SSSR count). The Balaban J connectivity index is 2.05. The number of rotatable bonds is 4. The molecule has 0 saturated heterocycles. The van der Waals surface area contributed by atoms with Crippen LogP contribution in [0.1, 0.15) is 22.1 Å². The number of benzene rings is 1. The lowest BCUT2D eigenvalue weighted by molar-refractivity contribution is 0.891. The van der Waals surface area contributed by atoms with Crippen LogP contribution in [0.15, 0.2) is 41.8 Å². The van der Waals surface area contributed by atoms with Gasteiger partial charge in [0, 0.05) is 17.0 Å². The van der Waals surface area contributed by atoms with E-state index in [9.17, 15) is 0 Å². The van der Waals surface area contributed by atoms with Crippen LogP contribution >= 0.6 is 22.9 Å². The monoisotopic (exact) mass is 303 g/mol. The van der Waals surface area contributed by atoms with Crippen molar-refractivity contribution >= 4 is 22.9 Å². The maximum atomic E-state index is 6.00. The summed E-state index contributed by atoms with van der Waals surface area (Å²) in [6.07, 6.45) is 0.773. The summed E-state index contributed by atoms with van der Waals surface area (Å²) in [5.41, 5.74) is 2.27. The quantitative estimate of drug-likeness (QED) is 0.683. The maximum Gasteiger partial charge on any atom is 0.152 e. The topological polar surface area (TPSA) is 30.7 Å². The number of aryl methyl sites for hydroxylation is 1. The van der Waals surface area contributed by atoms with Crippen molar-refractivity contribution in [3.63, 3.8) is 0 Å². The number of hydrogen-bond donors (Lipinski definition) is 0. The minimum atomic E-state index is 0.353. The molecule has 0 bridgehead atoms. The molecule has 0 saturated carbocycles. The van der Waals surface area contributed by atoms with E-state index in [-0.39, 0.29) is 0 Å². The smallest absolute Gasteiger partial charge is 0.152 e. The number of thiophene rings is 1. The zero-order valence-corrected chi connectivity index (χ0v) is 12.7. The Bertz CT molecular complexity index is 704. The molecule has 0 unspecified atom stereocenters. The van der Waals surface area contributed by atoms with E-state index in [1.54, 1.807) is 11.3 Å². The highest BCUT2D eigenvalue weighted by Gasteiger charge is 2.14. The first-order valence-electron chi connectivity index (χ1n) is 6.36. The van der Waals surface area contributed by atoms with E-state index in [0.717, 1.165) is 23.8 Å². The van der Waals surface area contributed by atoms with Crippen LogP contribution in [0.25, 0.3) is 5.69 Å². The molecule has 0 amide bonds. The van der Waals surface area contributed by atoms with Crippen molar-refractivity contribution in [2.45, 2.75) is 19.2 Å². The molecule has 0 atom stereocenters. The minimum Gasteiger partial charge on any atom is -0.282 e. The third-order valence-electron chi connectivity index (χ3n) is 3.09. The number of halogens is 1. The van der Waals surface area contributed by atoms with Gasteiger partial charge in [0.15, 0.2) is 5.82 Å². The van der Waals surface area contributed by atoms with Gasteiger partial charge in [-0.3, -0.25) is 4.57 Å². The molecule has 0 aliphatic carbocycles. The summed E-state index contributed by atoms with van der Waals surface area (Å²) in [4.78, 5) is 1.27. The molecule has 1 aromatic carbocycles. The van der Waals surface area contributed by atoms with E-state index in [0.29, 0.717) is 5.88 Å². The molecule has 102 valence electrons. The summed E-state index contributed by atoms with van der Waals surface area (Å²) in [5, 5.41) is 10.6. The van der Waals surface area contributed by atoms with Crippen LogP contribution in [0.2, 0.25) is 0 Å². The van der Waals surface area contributed by atoms with E-state index in [1.165, 1.54) is 10.4 Å². The SMILES string of the molecule is Cc1cccc(-n2c(CCl)nnc2Cc2cccs2)c1. The molecule has 0 aliphatic heterocycles. The highest BCUT2D eigenvalue weighted by Crippen LogP contribution is 2.20. The summed E-state index contributed by atoms with van der Waals surface area (Å²) >= 11 is 7.72. The van der Waals surface area contributed by atoms with Crippen molar-refractivity contribution in [1.29, 1.82) is 0 Å². The Hall–Kier alpha value is -1.65. The zero-order chi connectivity index (χ0) is 13.9. The van der Waals surface area contributed by atoms with Crippen LogP contribution in [0.4, 0.5) is 0 Å². The molecule has 0 spiro atoms. The molecule has 3 aromatic rings. The minimum absolute atomic E-state index is 0.353. The van der Waals surface area contributed by atoms with Gasteiger partial charge in [-0.1, -0.05) is 18.2 Å². The van der Waals surface area contributed by atoms with E-state index in [2.05, 4.69) is 57.4 Å². The summed E-state index contributed by atoms with van der Waals surface area (Å²) < 4.78 is 2.06. The molecule has 0 aliphatic rings. The van der Waals surface area contributed by atoms with E-state index in [1.807, 2.05) is 6.07 Å². The van der Waals surface area contributed by atoms with Crippen molar-refractivity contribution in [1.82, 2.24) is 14.8 Å². The number of nitrogens with zero attached hydrogens (tertiary/aromatic N) is 3. The number of aromatic nitrogens is 3. The Kier molecular flexibility index (Phi) is 3.85. The summed E-state index contributed by atoms with van der Waals surface area (Å²) in [7, 11) is 0. The van der Waals surface area contributed by atoms with Crippen LogP contribution in [0.3, 0.4) is 0 Å². The molecular formula is C15H14ClN3S. The van der Waals surface area contributed by atoms with Gasteiger partial charge in [0.1, 0.15) is 5.82 Å². The largest absolute Gasteiger partial charge is 0.282 e. The second-order valence-corrected chi connectivity index (χ2v) is 5.90. The van der Waals surface area contributed by atoms with Gasteiger partial charge >= 0.3 is 0 Å². The molecule has 0 radical (unpaired) electrons. The average Bonchev–Trinajstić information content (AvgIpc) is 3.08. The molecule has 5 heteroatoms. The second-order valence-electron chi connectivity index (χ2n) is 4.60. The molecule has 3 nitrogen and oxygen atoms in total. The Morgan fingerprint density at radius 3 is 2.70 bits per heavy atom. The third kappa shape index (κ3) is 2.62. The van der Waals surface area contributed by atoms with Gasteiger partial charge in [0.2, 0.25) is 0 Å². The van der Waals surface area contributed by atoms with Gasteiger partial charge in [0.25, 0.3) is 0 Å². The molecule has 0 fully saturated rings. The average molecular weight is 304 g/mol. The van der Waals surface area contributed by atoms with E-state index >= 15 is 0 Å². The van der Waals surface area contributed by atoms with Crippen molar-refractivity contribution in [3.8, 4) is 5.69 Å². The first-order chi connectivity index (χ1) is 9.78. The van der Waals surface area contributed by atoms with Crippen molar-refractivity contribution in [2.75, 3.05) is 0 Å². The highest BCUT2D eigenvalue weighted by atomic mass is 35.5. The third-order valence-corrected chi connectivity index (χ3v) is 4.20. The van der Waals surface area contributed by atoms with Crippen molar-refractivity contribution < 1.29 is 0 Å². The first kappa shape index (κ1) is 13.3. The Morgan fingerprint density at radius 1 is 1.15 bits per heavy atom. The van der Waals surface area contributed by atoms with Gasteiger partial charge in [-0.15, -0.1) is 33.1 Å². The van der Waals surface area contributed by atoms with Crippen LogP contribution in [-0.2, 0) is 12.3 Å². The lowest BCUT2D eigenvalue weighted by Crippen LogP contribution is -2.05. The summed E-state index contributed by atoms with van der Waals surface area (Å²) in [5.74, 6) is 2.06. The fourth-order valence-corrected chi connectivity index (χ4v) is 3.06. The number of hydrogen-bond acceptors (Lipinski definition) is 3. The molecule has 2 heterocycles. The maximum absolute atomic E-state index is 6.00. The zero-order valence-electron chi connectivity index (χ0n) is 11.1.